The third kappa shape index (κ3) is 2.55. The van der Waals surface area contributed by atoms with Crippen LogP contribution in [0.2, 0.25) is 5.02 Å². The highest BCUT2D eigenvalue weighted by Gasteiger charge is 2.15. The van der Waals surface area contributed by atoms with Crippen molar-refractivity contribution in [2.45, 2.75) is 6.92 Å². The molecule has 0 radical (unpaired) electrons. The Morgan fingerprint density at radius 2 is 1.90 bits per heavy atom. The molecular weight excluding hydrogens is 292 g/mol. The van der Waals surface area contributed by atoms with Crippen molar-refractivity contribution in [2.75, 3.05) is 0 Å². The minimum Gasteiger partial charge on any atom is -0.455 e. The number of aromatic nitrogens is 1. The number of halogens is 1. The van der Waals surface area contributed by atoms with Crippen molar-refractivity contribution < 1.29 is 9.66 Å². The number of nitrogens with zero attached hydrogens (tertiary/aromatic N) is 1. The Hall–Kier alpha value is -2.53. The first-order valence-corrected chi connectivity index (χ1v) is 6.62. The van der Waals surface area contributed by atoms with Crippen LogP contribution in [0.4, 0.5) is 5.69 Å². The monoisotopic (exact) mass is 302 g/mol. The van der Waals surface area contributed by atoms with Gasteiger partial charge in [-0.25, -0.2) is 0 Å². The number of nitro groups is 1. The number of nitrogens with one attached hydrogen (secondary N) is 1. The molecule has 3 aromatic rings. The van der Waals surface area contributed by atoms with Gasteiger partial charge in [0.1, 0.15) is 5.75 Å². The van der Waals surface area contributed by atoms with Gasteiger partial charge < -0.3 is 9.72 Å². The number of hydrogen-bond donors (Lipinski definition) is 1. The molecule has 3 rings (SSSR count). The minimum absolute atomic E-state index is 0.0301. The van der Waals surface area contributed by atoms with Crippen molar-refractivity contribution in [3.8, 4) is 11.5 Å². The lowest BCUT2D eigenvalue weighted by atomic mass is 10.2. The van der Waals surface area contributed by atoms with Gasteiger partial charge in [-0.15, -0.1) is 0 Å². The molecule has 0 bridgehead atoms. The normalized spacial score (nSPS) is 10.8. The zero-order chi connectivity index (χ0) is 15.0. The molecule has 1 heterocycles. The Morgan fingerprint density at radius 3 is 2.57 bits per heavy atom. The highest BCUT2D eigenvalue weighted by atomic mass is 35.5. The van der Waals surface area contributed by atoms with E-state index in [0.717, 1.165) is 11.2 Å². The fourth-order valence-corrected chi connectivity index (χ4v) is 2.28. The van der Waals surface area contributed by atoms with Crippen molar-refractivity contribution in [1.82, 2.24) is 4.98 Å². The van der Waals surface area contributed by atoms with Crippen molar-refractivity contribution >= 4 is 28.2 Å². The number of benzene rings is 2. The van der Waals surface area contributed by atoms with Crippen LogP contribution < -0.4 is 4.74 Å². The van der Waals surface area contributed by atoms with Crippen LogP contribution in [-0.2, 0) is 0 Å². The first-order chi connectivity index (χ1) is 10.0. The summed E-state index contributed by atoms with van der Waals surface area (Å²) in [6.45, 7) is 1.86. The van der Waals surface area contributed by atoms with E-state index in [-0.39, 0.29) is 5.69 Å². The second-order valence-corrected chi connectivity index (χ2v) is 5.06. The molecule has 0 saturated heterocycles. The zero-order valence-electron chi connectivity index (χ0n) is 11.1. The third-order valence-corrected chi connectivity index (χ3v) is 3.41. The maximum atomic E-state index is 10.9. The number of rotatable bonds is 3. The molecule has 1 aromatic heterocycles. The smallest absolute Gasteiger partial charge is 0.270 e. The van der Waals surface area contributed by atoms with E-state index in [1.54, 1.807) is 30.3 Å². The molecule has 6 heteroatoms. The third-order valence-electron chi connectivity index (χ3n) is 3.15. The Kier molecular flexibility index (Phi) is 3.27. The Bertz CT molecular complexity index is 825. The van der Waals surface area contributed by atoms with Crippen LogP contribution in [0.15, 0.2) is 42.5 Å². The van der Waals surface area contributed by atoms with E-state index in [4.69, 9.17) is 16.3 Å². The van der Waals surface area contributed by atoms with Crippen LogP contribution in [0, 0.1) is 17.0 Å². The van der Waals surface area contributed by atoms with Gasteiger partial charge in [0, 0.05) is 28.1 Å². The fraction of sp³-hybridized carbons (Fsp3) is 0.0667. The number of aryl methyl sites for hydroxylation is 1. The first kappa shape index (κ1) is 13.5. The van der Waals surface area contributed by atoms with Crippen LogP contribution in [0.25, 0.3) is 10.9 Å². The number of nitro benzene ring substituents is 1. The van der Waals surface area contributed by atoms with Crippen LogP contribution in [0.3, 0.4) is 0 Å². The highest BCUT2D eigenvalue weighted by molar-refractivity contribution is 6.30. The molecule has 0 saturated carbocycles. The Labute approximate surface area is 125 Å². The van der Waals surface area contributed by atoms with Crippen molar-refractivity contribution in [3.05, 3.63) is 63.3 Å². The predicted octanol–water partition coefficient (Wildman–Crippen LogP) is 4.83. The quantitative estimate of drug-likeness (QED) is 0.556. The van der Waals surface area contributed by atoms with Gasteiger partial charge in [0.15, 0.2) is 5.75 Å². The summed E-state index contributed by atoms with van der Waals surface area (Å²) in [5, 5.41) is 12.2. The lowest BCUT2D eigenvalue weighted by Gasteiger charge is -2.05. The molecule has 106 valence electrons. The van der Waals surface area contributed by atoms with Gasteiger partial charge in [0.05, 0.1) is 10.6 Å². The molecular formula is C15H11ClN2O3. The van der Waals surface area contributed by atoms with E-state index in [1.807, 2.05) is 6.92 Å². The molecule has 0 aliphatic rings. The van der Waals surface area contributed by atoms with E-state index < -0.39 is 4.92 Å². The lowest BCUT2D eigenvalue weighted by Crippen LogP contribution is -1.88. The minimum atomic E-state index is -0.423. The van der Waals surface area contributed by atoms with Crippen LogP contribution >= 0.6 is 11.6 Å². The summed E-state index contributed by atoms with van der Waals surface area (Å²) in [4.78, 5) is 13.6. The topological polar surface area (TPSA) is 68.2 Å². The van der Waals surface area contributed by atoms with Gasteiger partial charge in [0.2, 0.25) is 0 Å². The highest BCUT2D eigenvalue weighted by Crippen LogP contribution is 2.35. The molecule has 21 heavy (non-hydrogen) atoms. The van der Waals surface area contributed by atoms with Crippen LogP contribution in [0.1, 0.15) is 5.69 Å². The van der Waals surface area contributed by atoms with Gasteiger partial charge >= 0.3 is 0 Å². The van der Waals surface area contributed by atoms with Gasteiger partial charge in [0.25, 0.3) is 5.69 Å². The number of ether oxygens (including phenoxy) is 1. The zero-order valence-corrected chi connectivity index (χ0v) is 11.8. The SMILES string of the molecule is Cc1[nH]c2ccc([N+](=O)[O-])cc2c1Oc1ccc(Cl)cc1. The van der Waals surface area contributed by atoms with E-state index in [9.17, 15) is 10.1 Å². The predicted molar refractivity (Wildman–Crippen MR) is 81.2 cm³/mol. The molecule has 0 amide bonds. The molecule has 0 unspecified atom stereocenters. The second kappa shape index (κ2) is 5.10. The molecule has 5 nitrogen and oxygen atoms in total. The van der Waals surface area contributed by atoms with Gasteiger partial charge in [-0.2, -0.15) is 0 Å². The van der Waals surface area contributed by atoms with Gasteiger partial charge in [-0.3, -0.25) is 10.1 Å². The van der Waals surface area contributed by atoms with E-state index >= 15 is 0 Å². The van der Waals surface area contributed by atoms with Crippen molar-refractivity contribution in [3.63, 3.8) is 0 Å². The summed E-state index contributed by atoms with van der Waals surface area (Å²) in [6, 6.07) is 11.6. The van der Waals surface area contributed by atoms with E-state index in [0.29, 0.717) is 21.9 Å². The van der Waals surface area contributed by atoms with Gasteiger partial charge in [-0.05, 0) is 37.3 Å². The molecule has 1 N–H and O–H groups in total. The summed E-state index contributed by atoms with van der Waals surface area (Å²) in [6.07, 6.45) is 0. The number of hydrogen-bond acceptors (Lipinski definition) is 3. The number of H-pyrrole nitrogens is 1. The maximum absolute atomic E-state index is 10.9. The first-order valence-electron chi connectivity index (χ1n) is 6.25. The second-order valence-electron chi connectivity index (χ2n) is 4.62. The fourth-order valence-electron chi connectivity index (χ4n) is 2.16. The largest absolute Gasteiger partial charge is 0.455 e. The Balaban J connectivity index is 2.08. The molecule has 0 fully saturated rings. The van der Waals surface area contributed by atoms with E-state index in [2.05, 4.69) is 4.98 Å². The van der Waals surface area contributed by atoms with Crippen LogP contribution in [0.5, 0.6) is 11.5 Å². The summed E-state index contributed by atoms with van der Waals surface area (Å²) in [7, 11) is 0. The molecule has 0 aliphatic heterocycles. The van der Waals surface area contributed by atoms with Crippen molar-refractivity contribution in [2.24, 2.45) is 0 Å². The van der Waals surface area contributed by atoms with Crippen molar-refractivity contribution in [1.29, 1.82) is 0 Å². The summed E-state index contributed by atoms with van der Waals surface area (Å²) < 4.78 is 5.84. The number of aromatic amines is 1. The molecule has 0 atom stereocenters. The number of non-ortho nitro benzene ring substituents is 1. The molecule has 2 aromatic carbocycles. The van der Waals surface area contributed by atoms with Gasteiger partial charge in [-0.1, -0.05) is 11.6 Å². The van der Waals surface area contributed by atoms with E-state index in [1.165, 1.54) is 12.1 Å². The Morgan fingerprint density at radius 1 is 1.19 bits per heavy atom. The summed E-state index contributed by atoms with van der Waals surface area (Å²) in [5.41, 5.74) is 1.63. The maximum Gasteiger partial charge on any atom is 0.270 e. The standard InChI is InChI=1S/C15H11ClN2O3/c1-9-15(21-12-5-2-10(16)3-6-12)13-8-11(18(19)20)4-7-14(13)17-9/h2-8,17H,1H3. The molecule has 0 aliphatic carbocycles. The summed E-state index contributed by atoms with van der Waals surface area (Å²) in [5.74, 6) is 1.20. The lowest BCUT2D eigenvalue weighted by molar-refractivity contribution is -0.384. The average molecular weight is 303 g/mol. The molecule has 0 spiro atoms. The number of fused-ring (bicyclic) bond motifs is 1. The summed E-state index contributed by atoms with van der Waals surface area (Å²) >= 11 is 5.84. The average Bonchev–Trinajstić information content (AvgIpc) is 2.77. The van der Waals surface area contributed by atoms with Crippen LogP contribution in [-0.4, -0.2) is 9.91 Å².